The van der Waals surface area contributed by atoms with E-state index in [1.54, 1.807) is 0 Å². The highest BCUT2D eigenvalue weighted by molar-refractivity contribution is 5.80. The molecule has 0 aromatic heterocycles. The lowest BCUT2D eigenvalue weighted by molar-refractivity contribution is -0.137. The molecule has 2 aromatic rings. The van der Waals surface area contributed by atoms with Crippen molar-refractivity contribution in [1.82, 2.24) is 0 Å². The van der Waals surface area contributed by atoms with Crippen molar-refractivity contribution in [3.8, 4) is 0 Å². The van der Waals surface area contributed by atoms with Crippen molar-refractivity contribution >= 4 is 5.97 Å². The summed E-state index contributed by atoms with van der Waals surface area (Å²) in [6.07, 6.45) is 0. The van der Waals surface area contributed by atoms with Crippen LogP contribution in [-0.2, 0) is 4.79 Å². The van der Waals surface area contributed by atoms with Gasteiger partial charge >= 0.3 is 5.97 Å². The normalized spacial score (nSPS) is 10.3. The maximum absolute atomic E-state index is 11.3. The van der Waals surface area contributed by atoms with Crippen LogP contribution in [0.2, 0.25) is 0 Å². The fourth-order valence-corrected chi connectivity index (χ4v) is 1.77. The molecule has 0 unspecified atom stereocenters. The molecule has 0 saturated heterocycles. The molecular formula is C14H12O2. The Morgan fingerprint density at radius 2 is 1.19 bits per heavy atom. The Bertz CT molecular complexity index is 423. The first-order chi connectivity index (χ1) is 7.79. The van der Waals surface area contributed by atoms with Crippen molar-refractivity contribution in [2.45, 2.75) is 5.92 Å². The maximum Gasteiger partial charge on any atom is 0.315 e. The smallest absolute Gasteiger partial charge is 0.315 e. The van der Waals surface area contributed by atoms with Crippen LogP contribution in [0, 0.1) is 0 Å². The van der Waals surface area contributed by atoms with Gasteiger partial charge in [0.2, 0.25) is 0 Å². The fraction of sp³-hybridized carbons (Fsp3) is 0.0714. The first kappa shape index (κ1) is 10.4. The minimum absolute atomic E-state index is 0.581. The van der Waals surface area contributed by atoms with E-state index >= 15 is 0 Å². The number of hydrogen-bond acceptors (Lipinski definition) is 1. The molecule has 0 aliphatic carbocycles. The zero-order valence-electron chi connectivity index (χ0n) is 8.71. The molecule has 0 amide bonds. The first-order valence-electron chi connectivity index (χ1n) is 5.12. The van der Waals surface area contributed by atoms with Crippen LogP contribution in [0.5, 0.6) is 0 Å². The van der Waals surface area contributed by atoms with Gasteiger partial charge in [-0.1, -0.05) is 60.7 Å². The summed E-state index contributed by atoms with van der Waals surface area (Å²) < 4.78 is 0. The van der Waals surface area contributed by atoms with Gasteiger partial charge in [-0.2, -0.15) is 0 Å². The fourth-order valence-electron chi connectivity index (χ4n) is 1.77. The van der Waals surface area contributed by atoms with E-state index in [9.17, 15) is 9.90 Å². The average molecular weight is 213 g/mol. The van der Waals surface area contributed by atoms with Gasteiger partial charge in [-0.15, -0.1) is 0 Å². The van der Waals surface area contributed by atoms with E-state index in [0.29, 0.717) is 0 Å². The molecule has 2 rings (SSSR count). The average Bonchev–Trinajstić information content (AvgIpc) is 2.31. The number of carbonyl (C=O) groups is 1. The molecule has 0 spiro atoms. The van der Waals surface area contributed by atoms with E-state index in [0.717, 1.165) is 11.1 Å². The quantitative estimate of drug-likeness (QED) is 0.796. The van der Waals surface area contributed by atoms with Crippen LogP contribution in [0.1, 0.15) is 17.0 Å². The van der Waals surface area contributed by atoms with Crippen LogP contribution in [0.25, 0.3) is 0 Å². The van der Waals surface area contributed by atoms with Crippen LogP contribution in [0.15, 0.2) is 60.7 Å². The second kappa shape index (κ2) is 4.62. The lowest BCUT2D eigenvalue weighted by Crippen LogP contribution is -2.12. The Morgan fingerprint density at radius 3 is 1.50 bits per heavy atom. The van der Waals surface area contributed by atoms with Gasteiger partial charge in [-0.05, 0) is 11.1 Å². The monoisotopic (exact) mass is 213 g/mol. The third-order valence-electron chi connectivity index (χ3n) is 2.51. The molecule has 16 heavy (non-hydrogen) atoms. The molecule has 2 nitrogen and oxygen atoms in total. The number of rotatable bonds is 3. The zero-order chi connectivity index (χ0) is 11.4. The summed E-state index contributed by atoms with van der Waals surface area (Å²) in [6.45, 7) is 0. The number of hydrogen-bond donors (Lipinski definition) is 1. The minimum Gasteiger partial charge on any atom is -0.481 e. The Kier molecular flexibility index (Phi) is 3.01. The van der Waals surface area contributed by atoms with Crippen LogP contribution in [-0.4, -0.2) is 11.1 Å². The van der Waals surface area contributed by atoms with Crippen LogP contribution < -0.4 is 0 Å². The van der Waals surface area contributed by atoms with Crippen LogP contribution in [0.4, 0.5) is 0 Å². The van der Waals surface area contributed by atoms with Gasteiger partial charge < -0.3 is 5.11 Å². The molecule has 0 fully saturated rings. The van der Waals surface area contributed by atoms with E-state index < -0.39 is 11.9 Å². The van der Waals surface area contributed by atoms with Crippen molar-refractivity contribution < 1.29 is 9.90 Å². The van der Waals surface area contributed by atoms with Crippen molar-refractivity contribution in [2.75, 3.05) is 0 Å². The van der Waals surface area contributed by atoms with E-state index in [-0.39, 0.29) is 0 Å². The molecule has 0 radical (unpaired) electrons. The largest absolute Gasteiger partial charge is 0.481 e. The summed E-state index contributed by atoms with van der Waals surface area (Å²) in [5.41, 5.74) is 1.61. The minimum atomic E-state index is -0.822. The Morgan fingerprint density at radius 1 is 0.812 bits per heavy atom. The van der Waals surface area contributed by atoms with Gasteiger partial charge in [0.25, 0.3) is 0 Å². The molecule has 0 saturated carbocycles. The highest BCUT2D eigenvalue weighted by Gasteiger charge is 2.20. The predicted molar refractivity (Wildman–Crippen MR) is 62.4 cm³/mol. The predicted octanol–water partition coefficient (Wildman–Crippen LogP) is 2.90. The summed E-state index contributed by atoms with van der Waals surface area (Å²) in [5, 5.41) is 9.28. The van der Waals surface area contributed by atoms with Crippen molar-refractivity contribution in [2.24, 2.45) is 0 Å². The molecule has 2 heteroatoms. The van der Waals surface area contributed by atoms with Crippen molar-refractivity contribution in [3.63, 3.8) is 0 Å². The number of carboxylic acids is 1. The topological polar surface area (TPSA) is 37.3 Å². The number of carboxylic acid groups (broad SMARTS) is 1. The van der Waals surface area contributed by atoms with Gasteiger partial charge in [0.1, 0.15) is 5.92 Å². The molecular weight excluding hydrogens is 201 g/mol. The molecule has 80 valence electrons. The molecule has 0 bridgehead atoms. The van der Waals surface area contributed by atoms with Crippen molar-refractivity contribution in [3.05, 3.63) is 71.8 Å². The van der Waals surface area contributed by atoms with E-state index in [1.165, 1.54) is 0 Å². The van der Waals surface area contributed by atoms with E-state index in [4.69, 9.17) is 0 Å². The van der Waals surface area contributed by atoms with Crippen molar-refractivity contribution in [1.29, 1.82) is 0 Å². The van der Waals surface area contributed by atoms with Gasteiger partial charge in [-0.25, -0.2) is 0 Å². The zero-order valence-corrected chi connectivity index (χ0v) is 8.71. The van der Waals surface area contributed by atoms with E-state index in [2.05, 4.69) is 0 Å². The molecule has 0 heterocycles. The van der Waals surface area contributed by atoms with Crippen LogP contribution >= 0.6 is 0 Å². The van der Waals surface area contributed by atoms with E-state index in [1.807, 2.05) is 60.7 Å². The standard InChI is InChI=1S/C14H12O2/c15-14(16)13(11-7-3-1-4-8-11)12-9-5-2-6-10-12/h1-10,13H,(H,15,16)/i14+1. The third kappa shape index (κ3) is 2.11. The summed E-state index contributed by atoms with van der Waals surface area (Å²) in [4.78, 5) is 11.3. The van der Waals surface area contributed by atoms with Gasteiger partial charge in [-0.3, -0.25) is 4.79 Å². The first-order valence-corrected chi connectivity index (χ1v) is 5.12. The second-order valence-corrected chi connectivity index (χ2v) is 3.59. The maximum atomic E-state index is 11.3. The summed E-state index contributed by atoms with van der Waals surface area (Å²) in [6, 6.07) is 18.5. The Balaban J connectivity index is 2.44. The number of aliphatic carboxylic acids is 1. The SMILES string of the molecule is O=[13C](O)C(c1ccccc1)c1ccccc1. The summed E-state index contributed by atoms with van der Waals surface area (Å²) in [7, 11) is 0. The van der Waals surface area contributed by atoms with Crippen LogP contribution in [0.3, 0.4) is 0 Å². The lowest BCUT2D eigenvalue weighted by atomic mass is 9.97. The summed E-state index contributed by atoms with van der Waals surface area (Å²) in [5.74, 6) is -1.40. The molecule has 0 aliphatic heterocycles. The Labute approximate surface area is 94.2 Å². The summed E-state index contributed by atoms with van der Waals surface area (Å²) >= 11 is 0. The molecule has 0 aliphatic rings. The molecule has 2 aromatic carbocycles. The lowest BCUT2D eigenvalue weighted by Gasteiger charge is -2.12. The molecule has 1 N–H and O–H groups in total. The second-order valence-electron chi connectivity index (χ2n) is 3.59. The highest BCUT2D eigenvalue weighted by Crippen LogP contribution is 2.24. The number of benzene rings is 2. The third-order valence-corrected chi connectivity index (χ3v) is 2.51. The van der Waals surface area contributed by atoms with Gasteiger partial charge in [0.15, 0.2) is 0 Å². The molecule has 0 atom stereocenters. The Hall–Kier alpha value is -2.09. The van der Waals surface area contributed by atoms with Gasteiger partial charge in [0, 0.05) is 0 Å². The highest BCUT2D eigenvalue weighted by atomic mass is 16.5. The van der Waals surface area contributed by atoms with Gasteiger partial charge in [0.05, 0.1) is 0 Å².